The van der Waals surface area contributed by atoms with Crippen LogP contribution < -0.4 is 15.5 Å². The molecule has 0 heterocycles. The Balaban J connectivity index is 2.81. The number of quaternary nitrogens is 1. The molecule has 0 aliphatic heterocycles. The predicted octanol–water partition coefficient (Wildman–Crippen LogP) is 0.980. The Labute approximate surface area is 139 Å². The van der Waals surface area contributed by atoms with Crippen molar-refractivity contribution in [3.8, 4) is 0 Å². The molecule has 0 saturated heterocycles. The molecule has 1 aromatic carbocycles. The maximum Gasteiger partial charge on any atom is 0.282 e. The number of likely N-dealkylation sites (N-methyl/N-ethyl adjacent to an activating group) is 2. The molecular weight excluding hydrogens is 290 g/mol. The lowest BCUT2D eigenvalue weighted by molar-refractivity contribution is -0.904. The first-order valence-corrected chi connectivity index (χ1v) is 8.30. The van der Waals surface area contributed by atoms with E-state index in [0.717, 1.165) is 28.3 Å². The summed E-state index contributed by atoms with van der Waals surface area (Å²) in [6.07, 6.45) is 0. The van der Waals surface area contributed by atoms with Gasteiger partial charge in [-0.2, -0.15) is 0 Å². The van der Waals surface area contributed by atoms with Gasteiger partial charge in [0.25, 0.3) is 11.8 Å². The van der Waals surface area contributed by atoms with E-state index in [9.17, 15) is 9.59 Å². The summed E-state index contributed by atoms with van der Waals surface area (Å²) in [5, 5.41) is 5.82. The minimum absolute atomic E-state index is 0.0216. The van der Waals surface area contributed by atoms with Gasteiger partial charge in [-0.3, -0.25) is 9.59 Å². The van der Waals surface area contributed by atoms with Gasteiger partial charge in [0, 0.05) is 12.2 Å². The second-order valence-corrected chi connectivity index (χ2v) is 6.13. The van der Waals surface area contributed by atoms with Crippen LogP contribution in [-0.4, -0.2) is 37.5 Å². The first-order chi connectivity index (χ1) is 10.8. The fraction of sp³-hybridized carbons (Fsp3) is 0.556. The largest absolute Gasteiger partial charge is 0.351 e. The van der Waals surface area contributed by atoms with Gasteiger partial charge in [-0.25, -0.2) is 0 Å². The third kappa shape index (κ3) is 5.36. The van der Waals surface area contributed by atoms with Crippen LogP contribution in [0, 0.1) is 20.8 Å². The maximum atomic E-state index is 12.6. The lowest BCUT2D eigenvalue weighted by atomic mass is 10.0. The molecule has 23 heavy (non-hydrogen) atoms. The van der Waals surface area contributed by atoms with Gasteiger partial charge in [0.1, 0.15) is 0 Å². The summed E-state index contributed by atoms with van der Waals surface area (Å²) in [6, 6.07) is 3.83. The van der Waals surface area contributed by atoms with Crippen molar-refractivity contribution in [1.82, 2.24) is 5.32 Å². The number of amides is 2. The molecule has 0 aliphatic carbocycles. The molecule has 0 saturated carbocycles. The third-order valence-corrected chi connectivity index (χ3v) is 4.15. The molecule has 1 unspecified atom stereocenters. The fourth-order valence-corrected chi connectivity index (χ4v) is 2.84. The lowest BCUT2D eigenvalue weighted by Crippen LogP contribution is -3.17. The molecule has 1 aromatic rings. The highest BCUT2D eigenvalue weighted by Gasteiger charge is 2.26. The number of hydrogen-bond acceptors (Lipinski definition) is 2. The van der Waals surface area contributed by atoms with E-state index in [4.69, 9.17) is 0 Å². The van der Waals surface area contributed by atoms with E-state index in [-0.39, 0.29) is 17.9 Å². The van der Waals surface area contributed by atoms with Gasteiger partial charge in [0.15, 0.2) is 12.6 Å². The molecule has 1 rings (SSSR count). The summed E-state index contributed by atoms with van der Waals surface area (Å²) in [5.74, 6) is -0.0760. The zero-order valence-electron chi connectivity index (χ0n) is 15.2. The van der Waals surface area contributed by atoms with Crippen molar-refractivity contribution in [3.05, 3.63) is 28.8 Å². The molecule has 5 nitrogen and oxygen atoms in total. The van der Waals surface area contributed by atoms with Crippen LogP contribution >= 0.6 is 0 Å². The first kappa shape index (κ1) is 19.2. The first-order valence-electron chi connectivity index (χ1n) is 8.30. The average molecular weight is 320 g/mol. The van der Waals surface area contributed by atoms with E-state index >= 15 is 0 Å². The highest BCUT2D eigenvalue weighted by Crippen LogP contribution is 2.21. The molecule has 0 bridgehead atoms. The Kier molecular flexibility index (Phi) is 7.23. The van der Waals surface area contributed by atoms with E-state index in [1.807, 2.05) is 41.5 Å². The molecule has 2 atom stereocenters. The highest BCUT2D eigenvalue weighted by molar-refractivity contribution is 5.95. The van der Waals surface area contributed by atoms with Crippen molar-refractivity contribution in [2.45, 2.75) is 47.6 Å². The van der Waals surface area contributed by atoms with Crippen LogP contribution in [0.4, 0.5) is 5.69 Å². The fourth-order valence-electron chi connectivity index (χ4n) is 2.84. The minimum atomic E-state index is -0.289. The standard InChI is InChI=1S/C18H29N3O2/c1-7-19-16(22)11-21(8-2)15(6)18(23)20-17-13(4)9-12(3)10-14(17)5/h9-10,15H,7-8,11H2,1-6H3,(H,19,22)(H,20,23)/p+1/t15-/m1/s1. The van der Waals surface area contributed by atoms with Gasteiger partial charge >= 0.3 is 0 Å². The molecule has 3 N–H and O–H groups in total. The lowest BCUT2D eigenvalue weighted by Gasteiger charge is -2.24. The Morgan fingerprint density at radius 3 is 2.17 bits per heavy atom. The molecule has 0 aromatic heterocycles. The van der Waals surface area contributed by atoms with E-state index < -0.39 is 0 Å². The molecule has 0 spiro atoms. The van der Waals surface area contributed by atoms with Gasteiger partial charge in [0.2, 0.25) is 0 Å². The van der Waals surface area contributed by atoms with Crippen LogP contribution in [-0.2, 0) is 9.59 Å². The summed E-state index contributed by atoms with van der Waals surface area (Å²) >= 11 is 0. The smallest absolute Gasteiger partial charge is 0.282 e. The molecule has 128 valence electrons. The van der Waals surface area contributed by atoms with Gasteiger partial charge in [0.05, 0.1) is 6.54 Å². The molecule has 0 aliphatic rings. The molecule has 5 heteroatoms. The molecule has 2 amide bonds. The van der Waals surface area contributed by atoms with E-state index in [0.29, 0.717) is 13.1 Å². The number of rotatable bonds is 7. The normalized spacial score (nSPS) is 13.3. The number of anilines is 1. The quantitative estimate of drug-likeness (QED) is 0.701. The third-order valence-electron chi connectivity index (χ3n) is 4.15. The van der Waals surface area contributed by atoms with Crippen molar-refractivity contribution in [2.75, 3.05) is 25.0 Å². The van der Waals surface area contributed by atoms with E-state index in [2.05, 4.69) is 22.8 Å². The number of hydrogen-bond donors (Lipinski definition) is 3. The summed E-state index contributed by atoms with van der Waals surface area (Å²) < 4.78 is 0. The van der Waals surface area contributed by atoms with Crippen LogP contribution in [0.2, 0.25) is 0 Å². The van der Waals surface area contributed by atoms with Gasteiger partial charge < -0.3 is 15.5 Å². The number of carbonyl (C=O) groups excluding carboxylic acids is 2. The van der Waals surface area contributed by atoms with Crippen molar-refractivity contribution >= 4 is 17.5 Å². The summed E-state index contributed by atoms with van der Waals surface area (Å²) in [4.78, 5) is 25.3. The van der Waals surface area contributed by atoms with E-state index in [1.54, 1.807) is 0 Å². The van der Waals surface area contributed by atoms with Crippen LogP contribution in [0.1, 0.15) is 37.5 Å². The Bertz CT molecular complexity index is 546. The topological polar surface area (TPSA) is 62.6 Å². The maximum absolute atomic E-state index is 12.6. The Morgan fingerprint density at radius 2 is 1.70 bits per heavy atom. The van der Waals surface area contributed by atoms with Crippen molar-refractivity contribution < 1.29 is 14.5 Å². The van der Waals surface area contributed by atoms with Crippen molar-refractivity contribution in [1.29, 1.82) is 0 Å². The number of benzene rings is 1. The van der Waals surface area contributed by atoms with Gasteiger partial charge in [-0.15, -0.1) is 0 Å². The van der Waals surface area contributed by atoms with Crippen LogP contribution in [0.5, 0.6) is 0 Å². The zero-order valence-corrected chi connectivity index (χ0v) is 15.2. The summed E-state index contributed by atoms with van der Waals surface area (Å²) in [5.41, 5.74) is 4.18. The van der Waals surface area contributed by atoms with Crippen LogP contribution in [0.15, 0.2) is 12.1 Å². The zero-order chi connectivity index (χ0) is 17.6. The second-order valence-electron chi connectivity index (χ2n) is 6.13. The highest BCUT2D eigenvalue weighted by atomic mass is 16.2. The average Bonchev–Trinajstić information content (AvgIpc) is 2.47. The minimum Gasteiger partial charge on any atom is -0.351 e. The van der Waals surface area contributed by atoms with E-state index in [1.165, 1.54) is 5.56 Å². The SMILES string of the molecule is CCNC(=O)C[NH+](CC)[C@H](C)C(=O)Nc1c(C)cc(C)cc1C. The van der Waals surface area contributed by atoms with Gasteiger partial charge in [-0.1, -0.05) is 17.7 Å². The summed E-state index contributed by atoms with van der Waals surface area (Å²) in [7, 11) is 0. The van der Waals surface area contributed by atoms with Crippen molar-refractivity contribution in [2.24, 2.45) is 0 Å². The van der Waals surface area contributed by atoms with Crippen LogP contribution in [0.25, 0.3) is 0 Å². The number of nitrogens with one attached hydrogen (secondary N) is 3. The number of aryl methyl sites for hydroxylation is 3. The monoisotopic (exact) mass is 320 g/mol. The predicted molar refractivity (Wildman–Crippen MR) is 93.8 cm³/mol. The molecule has 0 radical (unpaired) electrons. The van der Waals surface area contributed by atoms with Crippen LogP contribution in [0.3, 0.4) is 0 Å². The van der Waals surface area contributed by atoms with Gasteiger partial charge in [-0.05, 0) is 52.7 Å². The number of carbonyl (C=O) groups is 2. The molecule has 0 fully saturated rings. The van der Waals surface area contributed by atoms with Crippen molar-refractivity contribution in [3.63, 3.8) is 0 Å². The Morgan fingerprint density at radius 1 is 1.13 bits per heavy atom. The Hall–Kier alpha value is -1.88. The summed E-state index contributed by atoms with van der Waals surface area (Å²) in [6.45, 7) is 13.4. The molecular formula is C18H30N3O2+. The second kappa shape index (κ2) is 8.67.